The van der Waals surface area contributed by atoms with Gasteiger partial charge in [-0.3, -0.25) is 19.1 Å². The molecule has 1 amide bonds. The van der Waals surface area contributed by atoms with Gasteiger partial charge in [0.15, 0.2) is 23.8 Å². The van der Waals surface area contributed by atoms with Gasteiger partial charge in [0.2, 0.25) is 0 Å². The van der Waals surface area contributed by atoms with Gasteiger partial charge in [-0.25, -0.2) is 15.0 Å². The van der Waals surface area contributed by atoms with Crippen LogP contribution in [0.4, 0.5) is 5.82 Å². The number of aromatic nitrogens is 4. The molecule has 32 heavy (non-hydrogen) atoms. The molecule has 0 spiro atoms. The van der Waals surface area contributed by atoms with Crippen molar-refractivity contribution < 1.29 is 29.6 Å². The Balaban J connectivity index is 1.56. The van der Waals surface area contributed by atoms with E-state index < -0.39 is 36.4 Å². The number of likely N-dealkylation sites (tertiary alicyclic amines) is 1. The summed E-state index contributed by atoms with van der Waals surface area (Å²) in [6.45, 7) is 3.67. The number of aliphatic hydroxyl groups excluding tert-OH is 2. The largest absolute Gasteiger partial charge is 0.481 e. The molecule has 0 bridgehead atoms. The normalized spacial score (nSPS) is 27.1. The Bertz CT molecular complexity index is 1010. The molecule has 1 unspecified atom stereocenters. The number of imidazole rings is 1. The molecule has 6 N–H and O–H groups in total. The number of likely N-dealkylation sites (N-methyl/N-ethyl adjacent to an activating group) is 1. The number of nitrogens with zero attached hydrogens (tertiary/aromatic N) is 5. The maximum atomic E-state index is 12.2. The first-order valence-electron chi connectivity index (χ1n) is 10.5. The van der Waals surface area contributed by atoms with E-state index in [1.54, 1.807) is 6.92 Å². The SMILES string of the molecule is CCNC(=O)[C@H]1O[C@@H](n2cnc3c(N)nc(CN4CCC(C(=O)O)CC4)nc32)C(O)[C@H]1O. The molecule has 2 aromatic rings. The molecule has 0 saturated carbocycles. The molecular formula is C19H27N7O6. The number of nitrogen functional groups attached to an aromatic ring is 1. The Morgan fingerprint density at radius 3 is 2.62 bits per heavy atom. The molecule has 0 radical (unpaired) electrons. The highest BCUT2D eigenvalue weighted by molar-refractivity contribution is 5.83. The summed E-state index contributed by atoms with van der Waals surface area (Å²) in [7, 11) is 0. The Hall–Kier alpha value is -2.87. The van der Waals surface area contributed by atoms with Crippen molar-refractivity contribution >= 4 is 28.9 Å². The van der Waals surface area contributed by atoms with Crippen LogP contribution < -0.4 is 11.1 Å². The Labute approximate surface area is 183 Å². The fraction of sp³-hybridized carbons (Fsp3) is 0.632. The molecule has 2 aliphatic heterocycles. The minimum Gasteiger partial charge on any atom is -0.481 e. The van der Waals surface area contributed by atoms with Crippen molar-refractivity contribution in [3.63, 3.8) is 0 Å². The predicted molar refractivity (Wildman–Crippen MR) is 110 cm³/mol. The standard InChI is InChI=1S/C19H27N7O6/c1-2-21-17(29)14-12(27)13(28)18(32-14)26-8-22-11-15(20)23-10(24-16(11)26)7-25-5-3-9(4-6-25)19(30)31/h8-9,12-14,18,27-28H,2-7H2,1H3,(H,21,29)(H,30,31)(H2,20,23,24)/t12-,13?,14+,18-/m1/s1. The number of aliphatic hydroxyl groups is 2. The van der Waals surface area contributed by atoms with Crippen molar-refractivity contribution in [1.82, 2.24) is 29.7 Å². The molecule has 13 heteroatoms. The third kappa shape index (κ3) is 4.11. The smallest absolute Gasteiger partial charge is 0.306 e. The van der Waals surface area contributed by atoms with Crippen LogP contribution >= 0.6 is 0 Å². The molecule has 0 aromatic carbocycles. The second-order valence-corrected chi connectivity index (χ2v) is 8.06. The van der Waals surface area contributed by atoms with E-state index in [9.17, 15) is 19.8 Å². The highest BCUT2D eigenvalue weighted by atomic mass is 16.6. The Morgan fingerprint density at radius 1 is 1.25 bits per heavy atom. The number of rotatable bonds is 6. The molecule has 174 valence electrons. The van der Waals surface area contributed by atoms with Crippen LogP contribution in [0.2, 0.25) is 0 Å². The fourth-order valence-corrected chi connectivity index (χ4v) is 4.16. The summed E-state index contributed by atoms with van der Waals surface area (Å²) in [6, 6.07) is 0. The number of amides is 1. The van der Waals surface area contributed by atoms with Gasteiger partial charge in [0, 0.05) is 6.54 Å². The molecule has 2 fully saturated rings. The lowest BCUT2D eigenvalue weighted by Gasteiger charge is -2.29. The third-order valence-electron chi connectivity index (χ3n) is 5.92. The number of hydrogen-bond acceptors (Lipinski definition) is 10. The first-order chi connectivity index (χ1) is 15.3. The lowest BCUT2D eigenvalue weighted by Crippen LogP contribution is -2.42. The van der Waals surface area contributed by atoms with Gasteiger partial charge in [0.05, 0.1) is 18.8 Å². The average molecular weight is 449 g/mol. The highest BCUT2D eigenvalue weighted by Crippen LogP contribution is 2.32. The second kappa shape index (κ2) is 8.94. The van der Waals surface area contributed by atoms with E-state index in [0.29, 0.717) is 56.0 Å². The van der Waals surface area contributed by atoms with Gasteiger partial charge in [-0.1, -0.05) is 0 Å². The molecule has 2 saturated heterocycles. The Kier molecular flexibility index (Phi) is 6.24. The predicted octanol–water partition coefficient (Wildman–Crippen LogP) is -1.54. The molecule has 4 heterocycles. The summed E-state index contributed by atoms with van der Waals surface area (Å²) in [5, 5.41) is 32.5. The van der Waals surface area contributed by atoms with Gasteiger partial charge in [0.25, 0.3) is 5.91 Å². The molecular weight excluding hydrogens is 422 g/mol. The van der Waals surface area contributed by atoms with Crippen LogP contribution in [0.3, 0.4) is 0 Å². The highest BCUT2D eigenvalue weighted by Gasteiger charge is 2.47. The number of piperidine rings is 1. The van der Waals surface area contributed by atoms with Crippen LogP contribution in [0.25, 0.3) is 11.2 Å². The van der Waals surface area contributed by atoms with Gasteiger partial charge in [0.1, 0.15) is 23.5 Å². The first-order valence-corrected chi connectivity index (χ1v) is 10.5. The molecule has 4 atom stereocenters. The number of carboxylic acid groups (broad SMARTS) is 1. The summed E-state index contributed by atoms with van der Waals surface area (Å²) in [5.41, 5.74) is 6.69. The number of carboxylic acids is 1. The van der Waals surface area contributed by atoms with Crippen LogP contribution in [0.1, 0.15) is 31.8 Å². The number of carbonyl (C=O) groups excluding carboxylic acids is 1. The third-order valence-corrected chi connectivity index (χ3v) is 5.92. The van der Waals surface area contributed by atoms with E-state index in [0.717, 1.165) is 0 Å². The van der Waals surface area contributed by atoms with Gasteiger partial charge in [-0.15, -0.1) is 0 Å². The van der Waals surface area contributed by atoms with Gasteiger partial charge >= 0.3 is 5.97 Å². The van der Waals surface area contributed by atoms with E-state index in [-0.39, 0.29) is 11.7 Å². The zero-order valence-electron chi connectivity index (χ0n) is 17.6. The quantitative estimate of drug-likeness (QED) is 0.344. The van der Waals surface area contributed by atoms with Crippen molar-refractivity contribution in [2.45, 2.75) is 50.8 Å². The van der Waals surface area contributed by atoms with E-state index in [2.05, 4.69) is 25.2 Å². The van der Waals surface area contributed by atoms with Crippen molar-refractivity contribution in [1.29, 1.82) is 0 Å². The minimum absolute atomic E-state index is 0.150. The average Bonchev–Trinajstić information content (AvgIpc) is 3.30. The molecule has 13 nitrogen and oxygen atoms in total. The number of aliphatic carboxylic acids is 1. The molecule has 2 aromatic heterocycles. The van der Waals surface area contributed by atoms with Crippen LogP contribution in [-0.2, 0) is 20.9 Å². The van der Waals surface area contributed by atoms with Crippen LogP contribution in [0.5, 0.6) is 0 Å². The fourth-order valence-electron chi connectivity index (χ4n) is 4.16. The zero-order chi connectivity index (χ0) is 23.0. The van der Waals surface area contributed by atoms with Gasteiger partial charge in [-0.2, -0.15) is 0 Å². The minimum atomic E-state index is -1.42. The lowest BCUT2D eigenvalue weighted by molar-refractivity contribution is -0.143. The summed E-state index contributed by atoms with van der Waals surface area (Å²) in [5.74, 6) is -1.08. The number of hydrogen-bond donors (Lipinski definition) is 5. The number of nitrogens with two attached hydrogens (primary N) is 1. The number of anilines is 1. The van der Waals surface area contributed by atoms with Crippen molar-refractivity contribution in [3.05, 3.63) is 12.2 Å². The Morgan fingerprint density at radius 2 is 1.97 bits per heavy atom. The van der Waals surface area contributed by atoms with Gasteiger partial charge < -0.3 is 31.1 Å². The second-order valence-electron chi connectivity index (χ2n) is 8.06. The van der Waals surface area contributed by atoms with E-state index in [4.69, 9.17) is 15.6 Å². The summed E-state index contributed by atoms with van der Waals surface area (Å²) in [6.07, 6.45) is -2.65. The van der Waals surface area contributed by atoms with E-state index in [1.165, 1.54) is 10.9 Å². The molecule has 4 rings (SSSR count). The summed E-state index contributed by atoms with van der Waals surface area (Å²) >= 11 is 0. The zero-order valence-corrected chi connectivity index (χ0v) is 17.6. The van der Waals surface area contributed by atoms with Gasteiger partial charge in [-0.05, 0) is 32.9 Å². The monoisotopic (exact) mass is 449 g/mol. The molecule has 2 aliphatic rings. The summed E-state index contributed by atoms with van der Waals surface area (Å²) < 4.78 is 7.09. The van der Waals surface area contributed by atoms with E-state index in [1.807, 2.05) is 0 Å². The van der Waals surface area contributed by atoms with Crippen LogP contribution in [0.15, 0.2) is 6.33 Å². The van der Waals surface area contributed by atoms with Crippen molar-refractivity contribution in [3.8, 4) is 0 Å². The van der Waals surface area contributed by atoms with Crippen LogP contribution in [0, 0.1) is 5.92 Å². The van der Waals surface area contributed by atoms with Crippen molar-refractivity contribution in [2.24, 2.45) is 5.92 Å². The summed E-state index contributed by atoms with van der Waals surface area (Å²) in [4.78, 5) is 38.4. The number of fused-ring (bicyclic) bond motifs is 1. The number of nitrogens with one attached hydrogen (secondary N) is 1. The lowest BCUT2D eigenvalue weighted by atomic mass is 9.97. The number of ether oxygens (including phenoxy) is 1. The molecule has 0 aliphatic carbocycles. The van der Waals surface area contributed by atoms with Crippen LogP contribution in [-0.4, -0.2) is 89.6 Å². The first kappa shape index (κ1) is 22.3. The maximum absolute atomic E-state index is 12.2. The number of carbonyl (C=O) groups is 2. The van der Waals surface area contributed by atoms with E-state index >= 15 is 0 Å². The maximum Gasteiger partial charge on any atom is 0.306 e. The topological polar surface area (TPSA) is 189 Å². The van der Waals surface area contributed by atoms with Crippen molar-refractivity contribution in [2.75, 3.05) is 25.4 Å².